The molecule has 0 radical (unpaired) electrons. The lowest BCUT2D eigenvalue weighted by molar-refractivity contribution is 0.0784. The van der Waals surface area contributed by atoms with Gasteiger partial charge in [-0.05, 0) is 25.0 Å². The van der Waals surface area contributed by atoms with E-state index in [1.165, 1.54) is 0 Å². The summed E-state index contributed by atoms with van der Waals surface area (Å²) in [5, 5.41) is 9.75. The van der Waals surface area contributed by atoms with Gasteiger partial charge in [0.25, 0.3) is 0 Å². The van der Waals surface area contributed by atoms with Crippen molar-refractivity contribution in [2.24, 2.45) is 0 Å². The first-order valence-electron chi connectivity index (χ1n) is 4.00. The highest BCUT2D eigenvalue weighted by Gasteiger charge is 2.17. The van der Waals surface area contributed by atoms with Crippen molar-refractivity contribution in [1.82, 2.24) is 0 Å². The van der Waals surface area contributed by atoms with Gasteiger partial charge in [0.2, 0.25) is 0 Å². The maximum atomic E-state index is 9.75. The van der Waals surface area contributed by atoms with Crippen LogP contribution in [0.15, 0.2) is 30.8 Å². The first kappa shape index (κ1) is 9.01. The minimum Gasteiger partial charge on any atom is -0.386 e. The molecule has 0 amide bonds. The second kappa shape index (κ2) is 3.11. The molecule has 0 heterocycles. The van der Waals surface area contributed by atoms with Gasteiger partial charge in [-0.1, -0.05) is 36.9 Å². The second-order valence-corrected chi connectivity index (χ2v) is 3.35. The predicted octanol–water partition coefficient (Wildman–Crippen LogP) is 2.56. The highest BCUT2D eigenvalue weighted by Crippen LogP contribution is 2.23. The van der Waals surface area contributed by atoms with Crippen molar-refractivity contribution >= 4 is 6.08 Å². The third-order valence-corrected chi connectivity index (χ3v) is 1.84. The molecule has 1 aromatic carbocycles. The van der Waals surface area contributed by atoms with Crippen LogP contribution in [0, 0.1) is 0 Å². The Balaban J connectivity index is 3.23. The van der Waals surface area contributed by atoms with E-state index in [4.69, 9.17) is 0 Å². The summed E-state index contributed by atoms with van der Waals surface area (Å²) in [6.07, 6.45) is 1.76. The van der Waals surface area contributed by atoms with E-state index in [0.717, 1.165) is 11.1 Å². The Labute approximate surface area is 73.4 Å². The fraction of sp³-hybridized carbons (Fsp3) is 0.273. The fourth-order valence-electron chi connectivity index (χ4n) is 1.23. The largest absolute Gasteiger partial charge is 0.386 e. The average Bonchev–Trinajstić information content (AvgIpc) is 2.03. The number of hydrogen-bond acceptors (Lipinski definition) is 1. The maximum Gasteiger partial charge on any atom is 0.0846 e. The van der Waals surface area contributed by atoms with Crippen LogP contribution < -0.4 is 0 Å². The molecule has 0 aromatic heterocycles. The van der Waals surface area contributed by atoms with Crippen molar-refractivity contribution in [2.45, 2.75) is 19.4 Å². The lowest BCUT2D eigenvalue weighted by Gasteiger charge is -2.19. The van der Waals surface area contributed by atoms with E-state index in [-0.39, 0.29) is 0 Å². The van der Waals surface area contributed by atoms with Gasteiger partial charge in [-0.15, -0.1) is 0 Å². The zero-order valence-corrected chi connectivity index (χ0v) is 7.54. The molecule has 0 spiro atoms. The average molecular weight is 162 g/mol. The third kappa shape index (κ3) is 1.74. The van der Waals surface area contributed by atoms with Crippen molar-refractivity contribution in [3.05, 3.63) is 42.0 Å². The highest BCUT2D eigenvalue weighted by molar-refractivity contribution is 5.53. The molecule has 12 heavy (non-hydrogen) atoms. The first-order chi connectivity index (χ1) is 5.55. The maximum absolute atomic E-state index is 9.75. The molecule has 0 atom stereocenters. The summed E-state index contributed by atoms with van der Waals surface area (Å²) in [5.74, 6) is 0. The quantitative estimate of drug-likeness (QED) is 0.708. The molecule has 1 aromatic rings. The van der Waals surface area contributed by atoms with Crippen molar-refractivity contribution in [3.8, 4) is 0 Å². The van der Waals surface area contributed by atoms with Crippen LogP contribution in [0.1, 0.15) is 25.0 Å². The van der Waals surface area contributed by atoms with Gasteiger partial charge in [0.05, 0.1) is 5.60 Å². The molecule has 1 heteroatoms. The normalized spacial score (nSPS) is 11.2. The molecule has 0 fully saturated rings. The van der Waals surface area contributed by atoms with E-state index in [1.54, 1.807) is 19.9 Å². The molecular formula is C11H14O. The van der Waals surface area contributed by atoms with Crippen LogP contribution in [0.2, 0.25) is 0 Å². The Hall–Kier alpha value is -1.08. The van der Waals surface area contributed by atoms with E-state index in [9.17, 15) is 5.11 Å². The molecule has 1 rings (SSSR count). The van der Waals surface area contributed by atoms with Gasteiger partial charge in [-0.25, -0.2) is 0 Å². The van der Waals surface area contributed by atoms with Gasteiger partial charge in [0.1, 0.15) is 0 Å². The first-order valence-corrected chi connectivity index (χ1v) is 4.00. The predicted molar refractivity (Wildman–Crippen MR) is 51.8 cm³/mol. The van der Waals surface area contributed by atoms with Crippen LogP contribution in [0.5, 0.6) is 0 Å². The molecule has 0 saturated carbocycles. The van der Waals surface area contributed by atoms with Gasteiger partial charge in [0.15, 0.2) is 0 Å². The fourth-order valence-corrected chi connectivity index (χ4v) is 1.23. The summed E-state index contributed by atoms with van der Waals surface area (Å²) in [4.78, 5) is 0. The zero-order valence-electron chi connectivity index (χ0n) is 7.54. The second-order valence-electron chi connectivity index (χ2n) is 3.35. The van der Waals surface area contributed by atoms with Gasteiger partial charge >= 0.3 is 0 Å². The van der Waals surface area contributed by atoms with Gasteiger partial charge in [-0.3, -0.25) is 0 Å². The van der Waals surface area contributed by atoms with E-state index in [2.05, 4.69) is 6.58 Å². The van der Waals surface area contributed by atoms with Gasteiger partial charge < -0.3 is 5.11 Å². The van der Waals surface area contributed by atoms with E-state index < -0.39 is 5.60 Å². The minimum atomic E-state index is -0.787. The van der Waals surface area contributed by atoms with Crippen LogP contribution in [0.4, 0.5) is 0 Å². The lowest BCUT2D eigenvalue weighted by atomic mass is 9.93. The summed E-state index contributed by atoms with van der Waals surface area (Å²) < 4.78 is 0. The van der Waals surface area contributed by atoms with Crippen molar-refractivity contribution < 1.29 is 5.11 Å². The van der Waals surface area contributed by atoms with Crippen LogP contribution >= 0.6 is 0 Å². The van der Waals surface area contributed by atoms with Crippen LogP contribution in [-0.4, -0.2) is 5.11 Å². The third-order valence-electron chi connectivity index (χ3n) is 1.84. The smallest absolute Gasteiger partial charge is 0.0846 e. The molecule has 1 N–H and O–H groups in total. The summed E-state index contributed by atoms with van der Waals surface area (Å²) in [6, 6.07) is 7.71. The molecule has 1 nitrogen and oxygen atoms in total. The minimum absolute atomic E-state index is 0.787. The number of rotatable bonds is 2. The molecule has 0 saturated heterocycles. The van der Waals surface area contributed by atoms with Crippen LogP contribution in [-0.2, 0) is 5.60 Å². The molecule has 0 aliphatic heterocycles. The summed E-state index contributed by atoms with van der Waals surface area (Å²) >= 11 is 0. The Bertz CT molecular complexity index is 281. The van der Waals surface area contributed by atoms with Gasteiger partial charge in [-0.2, -0.15) is 0 Å². The highest BCUT2D eigenvalue weighted by atomic mass is 16.3. The molecule has 0 unspecified atom stereocenters. The summed E-state index contributed by atoms with van der Waals surface area (Å²) in [6.45, 7) is 7.24. The Morgan fingerprint density at radius 2 is 1.92 bits per heavy atom. The zero-order chi connectivity index (χ0) is 9.19. The number of benzene rings is 1. The molecule has 0 aliphatic carbocycles. The standard InChI is InChI=1S/C11H14O/c1-4-9-7-5-6-8-10(9)11(2,3)12/h4-8,12H,1H2,2-3H3. The van der Waals surface area contributed by atoms with Crippen molar-refractivity contribution in [3.63, 3.8) is 0 Å². The molecular weight excluding hydrogens is 148 g/mol. The van der Waals surface area contributed by atoms with E-state index in [1.807, 2.05) is 24.3 Å². The van der Waals surface area contributed by atoms with E-state index >= 15 is 0 Å². The molecule has 0 aliphatic rings. The van der Waals surface area contributed by atoms with Crippen LogP contribution in [0.25, 0.3) is 6.08 Å². The monoisotopic (exact) mass is 162 g/mol. The van der Waals surface area contributed by atoms with Crippen molar-refractivity contribution in [2.75, 3.05) is 0 Å². The van der Waals surface area contributed by atoms with Crippen LogP contribution in [0.3, 0.4) is 0 Å². The van der Waals surface area contributed by atoms with Gasteiger partial charge in [0, 0.05) is 0 Å². The number of aliphatic hydroxyl groups is 1. The number of hydrogen-bond donors (Lipinski definition) is 1. The Kier molecular flexibility index (Phi) is 2.34. The Morgan fingerprint density at radius 1 is 1.33 bits per heavy atom. The lowest BCUT2D eigenvalue weighted by Crippen LogP contribution is -2.16. The molecule has 64 valence electrons. The van der Waals surface area contributed by atoms with E-state index in [0.29, 0.717) is 0 Å². The van der Waals surface area contributed by atoms with Crippen molar-refractivity contribution in [1.29, 1.82) is 0 Å². The SMILES string of the molecule is C=Cc1ccccc1C(C)(C)O. The molecule has 0 bridgehead atoms. The summed E-state index contributed by atoms with van der Waals surface area (Å²) in [7, 11) is 0. The topological polar surface area (TPSA) is 20.2 Å². The Morgan fingerprint density at radius 3 is 2.33 bits per heavy atom. The summed E-state index contributed by atoms with van der Waals surface area (Å²) in [5.41, 5.74) is 1.12.